The van der Waals surface area contributed by atoms with Crippen LogP contribution in [0.25, 0.3) is 6.08 Å². The van der Waals surface area contributed by atoms with E-state index in [1.165, 1.54) is 18.4 Å². The largest absolute Gasteiger partial charge is 0.465 e. The third kappa shape index (κ3) is 2.85. The Bertz CT molecular complexity index is 679. The van der Waals surface area contributed by atoms with Crippen molar-refractivity contribution in [2.24, 2.45) is 0 Å². The van der Waals surface area contributed by atoms with Crippen LogP contribution >= 0.6 is 0 Å². The zero-order chi connectivity index (χ0) is 13.0. The van der Waals surface area contributed by atoms with Crippen molar-refractivity contribution < 1.29 is 9.21 Å². The highest BCUT2D eigenvalue weighted by Gasteiger charge is 2.03. The second kappa shape index (κ2) is 5.00. The van der Waals surface area contributed by atoms with E-state index >= 15 is 0 Å². The van der Waals surface area contributed by atoms with Gasteiger partial charge in [0.1, 0.15) is 11.4 Å². The first kappa shape index (κ1) is 11.6. The second-order valence-corrected chi connectivity index (χ2v) is 3.32. The molecule has 0 aliphatic carbocycles. The standard InChI is InChI=1S/C11H9N3O4/c15-9(4-3-7-2-1-5-18-7)13-8-6-12-11(17)14-10(8)16/h1-6H,(H,13,15)(H2,12,14,16,17). The van der Waals surface area contributed by atoms with Gasteiger partial charge in [0.2, 0.25) is 5.91 Å². The number of H-pyrrole nitrogens is 2. The molecule has 2 aromatic rings. The summed E-state index contributed by atoms with van der Waals surface area (Å²) < 4.78 is 4.99. The lowest BCUT2D eigenvalue weighted by Crippen LogP contribution is -2.25. The summed E-state index contributed by atoms with van der Waals surface area (Å²) in [6.07, 6.45) is 5.27. The van der Waals surface area contributed by atoms with Gasteiger partial charge in [-0.2, -0.15) is 0 Å². The number of hydrogen-bond acceptors (Lipinski definition) is 4. The van der Waals surface area contributed by atoms with Gasteiger partial charge < -0.3 is 14.7 Å². The summed E-state index contributed by atoms with van der Waals surface area (Å²) in [6, 6.07) is 3.36. The maximum Gasteiger partial charge on any atom is 0.325 e. The summed E-state index contributed by atoms with van der Waals surface area (Å²) in [7, 11) is 0. The lowest BCUT2D eigenvalue weighted by molar-refractivity contribution is -0.111. The van der Waals surface area contributed by atoms with Crippen LogP contribution in [0.15, 0.2) is 44.7 Å². The van der Waals surface area contributed by atoms with Crippen LogP contribution in [0.4, 0.5) is 5.69 Å². The number of aromatic amines is 2. The number of furan rings is 1. The molecule has 0 fully saturated rings. The highest BCUT2D eigenvalue weighted by molar-refractivity contribution is 6.01. The first-order valence-corrected chi connectivity index (χ1v) is 5.00. The molecule has 3 N–H and O–H groups in total. The molecule has 2 heterocycles. The topological polar surface area (TPSA) is 108 Å². The Morgan fingerprint density at radius 1 is 1.39 bits per heavy atom. The quantitative estimate of drug-likeness (QED) is 0.678. The molecule has 92 valence electrons. The van der Waals surface area contributed by atoms with Crippen molar-refractivity contribution in [3.8, 4) is 0 Å². The monoisotopic (exact) mass is 247 g/mol. The van der Waals surface area contributed by atoms with E-state index in [0.717, 1.165) is 6.20 Å². The minimum absolute atomic E-state index is 0.0382. The van der Waals surface area contributed by atoms with Gasteiger partial charge in [-0.1, -0.05) is 0 Å². The Balaban J connectivity index is 2.08. The van der Waals surface area contributed by atoms with E-state index in [2.05, 4.69) is 10.3 Å². The van der Waals surface area contributed by atoms with E-state index < -0.39 is 17.2 Å². The van der Waals surface area contributed by atoms with E-state index in [1.807, 2.05) is 4.98 Å². The summed E-state index contributed by atoms with van der Waals surface area (Å²) >= 11 is 0. The number of amides is 1. The van der Waals surface area contributed by atoms with Gasteiger partial charge in [-0.05, 0) is 18.2 Å². The first-order valence-electron chi connectivity index (χ1n) is 5.00. The number of aromatic nitrogens is 2. The predicted octanol–water partition coefficient (Wildman–Crippen LogP) is 0.308. The zero-order valence-electron chi connectivity index (χ0n) is 9.10. The fourth-order valence-electron chi connectivity index (χ4n) is 1.22. The van der Waals surface area contributed by atoms with Gasteiger partial charge in [0, 0.05) is 12.3 Å². The lowest BCUT2D eigenvalue weighted by Gasteiger charge is -1.98. The number of hydrogen-bond donors (Lipinski definition) is 3. The van der Waals surface area contributed by atoms with Crippen molar-refractivity contribution >= 4 is 17.7 Å². The van der Waals surface area contributed by atoms with Crippen molar-refractivity contribution in [1.29, 1.82) is 0 Å². The van der Waals surface area contributed by atoms with Gasteiger partial charge in [-0.3, -0.25) is 14.6 Å². The Morgan fingerprint density at radius 2 is 2.22 bits per heavy atom. The number of anilines is 1. The maximum absolute atomic E-state index is 11.5. The van der Waals surface area contributed by atoms with Gasteiger partial charge in [-0.25, -0.2) is 4.79 Å². The minimum atomic E-state index is -0.668. The predicted molar refractivity (Wildman–Crippen MR) is 64.1 cm³/mol. The fraction of sp³-hybridized carbons (Fsp3) is 0. The molecule has 0 aliphatic heterocycles. The average molecular weight is 247 g/mol. The van der Waals surface area contributed by atoms with E-state index in [4.69, 9.17) is 4.42 Å². The van der Waals surface area contributed by atoms with E-state index in [1.54, 1.807) is 12.1 Å². The highest BCUT2D eigenvalue weighted by Crippen LogP contribution is 2.02. The fourth-order valence-corrected chi connectivity index (χ4v) is 1.22. The molecule has 18 heavy (non-hydrogen) atoms. The Labute approximate surface area is 100 Å². The third-order valence-corrected chi connectivity index (χ3v) is 2.02. The molecule has 0 unspecified atom stereocenters. The highest BCUT2D eigenvalue weighted by atomic mass is 16.3. The van der Waals surface area contributed by atoms with Crippen molar-refractivity contribution in [3.05, 3.63) is 57.3 Å². The number of nitrogens with one attached hydrogen (secondary N) is 3. The molecule has 1 amide bonds. The van der Waals surface area contributed by atoms with Gasteiger partial charge in [0.05, 0.1) is 6.26 Å². The van der Waals surface area contributed by atoms with E-state index in [0.29, 0.717) is 5.76 Å². The van der Waals surface area contributed by atoms with Gasteiger partial charge in [-0.15, -0.1) is 0 Å². The smallest absolute Gasteiger partial charge is 0.325 e. The number of rotatable bonds is 3. The lowest BCUT2D eigenvalue weighted by atomic mass is 10.4. The molecule has 0 spiro atoms. The van der Waals surface area contributed by atoms with Crippen LogP contribution in [0.2, 0.25) is 0 Å². The number of carbonyl (C=O) groups is 1. The van der Waals surface area contributed by atoms with Crippen LogP contribution < -0.4 is 16.6 Å². The van der Waals surface area contributed by atoms with Crippen molar-refractivity contribution in [1.82, 2.24) is 9.97 Å². The van der Waals surface area contributed by atoms with Crippen LogP contribution in [-0.2, 0) is 4.79 Å². The average Bonchev–Trinajstić information content (AvgIpc) is 2.83. The maximum atomic E-state index is 11.5. The van der Waals surface area contributed by atoms with Crippen molar-refractivity contribution in [2.75, 3.05) is 5.32 Å². The second-order valence-electron chi connectivity index (χ2n) is 3.32. The SMILES string of the molecule is O=C(C=Cc1ccco1)Nc1c[nH]c(=O)[nH]c1=O. The normalized spacial score (nSPS) is 10.7. The molecule has 0 saturated carbocycles. The molecule has 2 aromatic heterocycles. The first-order chi connectivity index (χ1) is 8.65. The summed E-state index contributed by atoms with van der Waals surface area (Å²) in [5.74, 6) is 0.00415. The van der Waals surface area contributed by atoms with E-state index in [-0.39, 0.29) is 5.69 Å². The Hall–Kier alpha value is -2.83. The number of carbonyl (C=O) groups excluding carboxylic acids is 1. The van der Waals surface area contributed by atoms with Crippen molar-refractivity contribution in [2.45, 2.75) is 0 Å². The van der Waals surface area contributed by atoms with Crippen molar-refractivity contribution in [3.63, 3.8) is 0 Å². The minimum Gasteiger partial charge on any atom is -0.465 e. The van der Waals surface area contributed by atoms with Gasteiger partial charge >= 0.3 is 5.69 Å². The molecular formula is C11H9N3O4. The van der Waals surface area contributed by atoms with Crippen LogP contribution in [0.5, 0.6) is 0 Å². The molecule has 0 aliphatic rings. The summed E-state index contributed by atoms with van der Waals surface area (Å²) in [4.78, 5) is 37.7. The summed E-state index contributed by atoms with van der Waals surface area (Å²) in [5.41, 5.74) is -1.34. The molecule has 0 radical (unpaired) electrons. The zero-order valence-corrected chi connectivity index (χ0v) is 9.10. The molecule has 2 rings (SSSR count). The van der Waals surface area contributed by atoms with Crippen LogP contribution in [0.1, 0.15) is 5.76 Å². The molecule has 0 bridgehead atoms. The Kier molecular flexibility index (Phi) is 3.24. The van der Waals surface area contributed by atoms with Gasteiger partial charge in [0.25, 0.3) is 5.56 Å². The van der Waals surface area contributed by atoms with E-state index in [9.17, 15) is 14.4 Å². The molecular weight excluding hydrogens is 238 g/mol. The molecule has 0 aromatic carbocycles. The molecule has 0 saturated heterocycles. The van der Waals surface area contributed by atoms with Crippen LogP contribution in [0, 0.1) is 0 Å². The third-order valence-electron chi connectivity index (χ3n) is 2.02. The molecule has 7 nitrogen and oxygen atoms in total. The summed E-state index contributed by atoms with van der Waals surface area (Å²) in [6.45, 7) is 0. The summed E-state index contributed by atoms with van der Waals surface area (Å²) in [5, 5.41) is 2.32. The molecule has 7 heteroatoms. The van der Waals surface area contributed by atoms with Gasteiger partial charge in [0.15, 0.2) is 0 Å². The van der Waals surface area contributed by atoms with Crippen LogP contribution in [0.3, 0.4) is 0 Å². The van der Waals surface area contributed by atoms with Crippen LogP contribution in [-0.4, -0.2) is 15.9 Å². The molecule has 0 atom stereocenters. The Morgan fingerprint density at radius 3 is 2.89 bits per heavy atom.